The molecule has 0 saturated carbocycles. The fourth-order valence-corrected chi connectivity index (χ4v) is 2.31. The summed E-state index contributed by atoms with van der Waals surface area (Å²) < 4.78 is 15.0. The summed E-state index contributed by atoms with van der Waals surface area (Å²) in [6.45, 7) is 1.88. The van der Waals surface area contributed by atoms with Crippen LogP contribution in [0.5, 0.6) is 0 Å². The first-order valence-electron chi connectivity index (χ1n) is 5.29. The fourth-order valence-electron chi connectivity index (χ4n) is 1.41. The van der Waals surface area contributed by atoms with Crippen LogP contribution in [0.1, 0.15) is 17.0 Å². The van der Waals surface area contributed by atoms with Crippen molar-refractivity contribution >= 4 is 11.8 Å². The lowest BCUT2D eigenvalue weighted by Gasteiger charge is -2.03. The lowest BCUT2D eigenvalue weighted by molar-refractivity contribution is 0.623. The van der Waals surface area contributed by atoms with E-state index in [1.165, 1.54) is 17.8 Å². The maximum absolute atomic E-state index is 13.1. The molecule has 0 N–H and O–H groups in total. The Balaban J connectivity index is 2.11. The maximum Gasteiger partial charge on any atom is 0.191 e. The van der Waals surface area contributed by atoms with Gasteiger partial charge < -0.3 is 4.57 Å². The topological polar surface area (TPSA) is 54.5 Å². The minimum Gasteiger partial charge on any atom is -0.309 e. The van der Waals surface area contributed by atoms with Crippen molar-refractivity contribution in [1.29, 1.82) is 5.26 Å². The second-order valence-electron chi connectivity index (χ2n) is 3.80. The lowest BCUT2D eigenvalue weighted by atomic mass is 10.1. The highest BCUT2D eigenvalue weighted by Crippen LogP contribution is 2.22. The van der Waals surface area contributed by atoms with Crippen molar-refractivity contribution in [2.75, 3.05) is 0 Å². The van der Waals surface area contributed by atoms with Crippen molar-refractivity contribution in [3.8, 4) is 6.07 Å². The Morgan fingerprint density at radius 3 is 2.83 bits per heavy atom. The first-order chi connectivity index (χ1) is 8.61. The minimum absolute atomic E-state index is 0.0715. The minimum atomic E-state index is -0.485. The quantitative estimate of drug-likeness (QED) is 0.797. The van der Waals surface area contributed by atoms with Crippen LogP contribution in [0.4, 0.5) is 4.39 Å². The number of aromatic nitrogens is 3. The number of hydrogen-bond donors (Lipinski definition) is 0. The van der Waals surface area contributed by atoms with Crippen LogP contribution in [0, 0.1) is 24.1 Å². The Labute approximate surface area is 108 Å². The van der Waals surface area contributed by atoms with Gasteiger partial charge in [-0.2, -0.15) is 5.26 Å². The van der Waals surface area contributed by atoms with Crippen LogP contribution in [0.15, 0.2) is 23.4 Å². The largest absolute Gasteiger partial charge is 0.309 e. The molecule has 6 heteroatoms. The van der Waals surface area contributed by atoms with Gasteiger partial charge in [-0.05, 0) is 24.6 Å². The Morgan fingerprint density at radius 1 is 1.44 bits per heavy atom. The molecule has 0 radical (unpaired) electrons. The third-order valence-electron chi connectivity index (χ3n) is 2.57. The van der Waals surface area contributed by atoms with Crippen LogP contribution in [-0.2, 0) is 12.8 Å². The fraction of sp³-hybridized carbons (Fsp3) is 0.250. The molecule has 1 aromatic heterocycles. The van der Waals surface area contributed by atoms with Gasteiger partial charge in [0.15, 0.2) is 5.16 Å². The van der Waals surface area contributed by atoms with Crippen molar-refractivity contribution in [3.05, 3.63) is 41.0 Å². The Hall–Kier alpha value is -1.87. The molecule has 0 aliphatic carbocycles. The van der Waals surface area contributed by atoms with Crippen molar-refractivity contribution in [1.82, 2.24) is 14.8 Å². The van der Waals surface area contributed by atoms with Gasteiger partial charge in [0, 0.05) is 12.8 Å². The second kappa shape index (κ2) is 5.19. The Morgan fingerprint density at radius 2 is 2.22 bits per heavy atom. The predicted molar refractivity (Wildman–Crippen MR) is 66.4 cm³/mol. The Bertz CT molecular complexity index is 615. The van der Waals surface area contributed by atoms with Gasteiger partial charge in [-0.15, -0.1) is 10.2 Å². The van der Waals surface area contributed by atoms with E-state index in [9.17, 15) is 4.39 Å². The lowest BCUT2D eigenvalue weighted by Crippen LogP contribution is -1.94. The van der Waals surface area contributed by atoms with Gasteiger partial charge >= 0.3 is 0 Å². The zero-order valence-corrected chi connectivity index (χ0v) is 10.8. The molecule has 0 fully saturated rings. The molecule has 2 rings (SSSR count). The van der Waals surface area contributed by atoms with Gasteiger partial charge in [0.2, 0.25) is 0 Å². The molecule has 0 amide bonds. The zero-order chi connectivity index (χ0) is 13.1. The SMILES string of the molecule is Cc1nnc(SCc2ccc(F)c(C#N)c2)n1C. The molecule has 0 aliphatic heterocycles. The van der Waals surface area contributed by atoms with Crippen molar-refractivity contribution in [2.45, 2.75) is 17.8 Å². The van der Waals surface area contributed by atoms with E-state index in [0.29, 0.717) is 5.75 Å². The molecular formula is C12H11FN4S. The van der Waals surface area contributed by atoms with Gasteiger partial charge in [-0.1, -0.05) is 17.8 Å². The van der Waals surface area contributed by atoms with Gasteiger partial charge in [-0.3, -0.25) is 0 Å². The van der Waals surface area contributed by atoms with E-state index in [0.717, 1.165) is 16.5 Å². The number of hydrogen-bond acceptors (Lipinski definition) is 4. The number of thioether (sulfide) groups is 1. The van der Waals surface area contributed by atoms with Crippen LogP contribution in [0.2, 0.25) is 0 Å². The van der Waals surface area contributed by atoms with E-state index in [1.807, 2.05) is 24.6 Å². The van der Waals surface area contributed by atoms with Crippen LogP contribution < -0.4 is 0 Å². The van der Waals surface area contributed by atoms with E-state index in [4.69, 9.17) is 5.26 Å². The number of benzene rings is 1. The normalized spacial score (nSPS) is 10.3. The summed E-state index contributed by atoms with van der Waals surface area (Å²) in [6.07, 6.45) is 0. The van der Waals surface area contributed by atoms with Gasteiger partial charge in [-0.25, -0.2) is 4.39 Å². The van der Waals surface area contributed by atoms with Gasteiger partial charge in [0.25, 0.3) is 0 Å². The molecule has 2 aromatic rings. The standard InChI is InChI=1S/C12H11FN4S/c1-8-15-16-12(17(8)2)18-7-9-3-4-11(13)10(5-9)6-14/h3-5H,7H2,1-2H3. The molecule has 0 aliphatic rings. The van der Waals surface area contributed by atoms with E-state index < -0.39 is 5.82 Å². The zero-order valence-electron chi connectivity index (χ0n) is 10.0. The molecular weight excluding hydrogens is 251 g/mol. The van der Waals surface area contributed by atoms with E-state index in [-0.39, 0.29) is 5.56 Å². The summed E-state index contributed by atoms with van der Waals surface area (Å²) in [6, 6.07) is 6.38. The number of aryl methyl sites for hydroxylation is 1. The molecule has 1 aromatic carbocycles. The van der Waals surface area contributed by atoms with Crippen molar-refractivity contribution < 1.29 is 4.39 Å². The average molecular weight is 262 g/mol. The van der Waals surface area contributed by atoms with E-state index in [1.54, 1.807) is 12.1 Å². The molecule has 0 unspecified atom stereocenters. The first kappa shape index (κ1) is 12.6. The van der Waals surface area contributed by atoms with Crippen LogP contribution in [0.3, 0.4) is 0 Å². The highest BCUT2D eigenvalue weighted by molar-refractivity contribution is 7.98. The molecule has 0 spiro atoms. The van der Waals surface area contributed by atoms with Crippen molar-refractivity contribution in [2.24, 2.45) is 7.05 Å². The summed E-state index contributed by atoms with van der Waals surface area (Å²) >= 11 is 1.50. The monoisotopic (exact) mass is 262 g/mol. The van der Waals surface area contributed by atoms with E-state index >= 15 is 0 Å². The molecule has 4 nitrogen and oxygen atoms in total. The predicted octanol–water partition coefficient (Wildman–Crippen LogP) is 2.43. The average Bonchev–Trinajstić information content (AvgIpc) is 2.69. The van der Waals surface area contributed by atoms with Crippen LogP contribution in [0.25, 0.3) is 0 Å². The number of halogens is 1. The summed E-state index contributed by atoms with van der Waals surface area (Å²) in [7, 11) is 1.89. The number of nitrogens with zero attached hydrogens (tertiary/aromatic N) is 4. The van der Waals surface area contributed by atoms with Gasteiger partial charge in [0.1, 0.15) is 17.7 Å². The van der Waals surface area contributed by atoms with Crippen LogP contribution in [-0.4, -0.2) is 14.8 Å². The summed E-state index contributed by atoms with van der Waals surface area (Å²) in [5, 5.41) is 17.5. The summed E-state index contributed by atoms with van der Waals surface area (Å²) in [5.74, 6) is 0.982. The molecule has 92 valence electrons. The first-order valence-corrected chi connectivity index (χ1v) is 6.27. The molecule has 1 heterocycles. The van der Waals surface area contributed by atoms with E-state index in [2.05, 4.69) is 10.2 Å². The second-order valence-corrected chi connectivity index (χ2v) is 4.75. The summed E-state index contributed by atoms with van der Waals surface area (Å²) in [5.41, 5.74) is 0.959. The highest BCUT2D eigenvalue weighted by Gasteiger charge is 2.07. The molecule has 0 saturated heterocycles. The Kier molecular flexibility index (Phi) is 3.63. The molecule has 0 bridgehead atoms. The molecule has 18 heavy (non-hydrogen) atoms. The maximum atomic E-state index is 13.1. The van der Waals surface area contributed by atoms with Gasteiger partial charge in [0.05, 0.1) is 5.56 Å². The molecule has 0 atom stereocenters. The summed E-state index contributed by atoms with van der Waals surface area (Å²) in [4.78, 5) is 0. The third-order valence-corrected chi connectivity index (χ3v) is 3.66. The number of nitriles is 1. The van der Waals surface area contributed by atoms with Crippen LogP contribution >= 0.6 is 11.8 Å². The number of rotatable bonds is 3. The smallest absolute Gasteiger partial charge is 0.191 e. The van der Waals surface area contributed by atoms with Crippen molar-refractivity contribution in [3.63, 3.8) is 0 Å². The third kappa shape index (κ3) is 2.51. The highest BCUT2D eigenvalue weighted by atomic mass is 32.2.